The Kier molecular flexibility index (Phi) is 8.39. The van der Waals surface area contributed by atoms with E-state index in [4.69, 9.17) is 27.9 Å². The lowest BCUT2D eigenvalue weighted by molar-refractivity contribution is 0.0954. The third-order valence-electron chi connectivity index (χ3n) is 5.82. The number of nitrogens with zero attached hydrogens (tertiary/aromatic N) is 3. The van der Waals surface area contributed by atoms with E-state index in [-0.39, 0.29) is 17.3 Å². The first kappa shape index (κ1) is 26.9. The zero-order valence-electron chi connectivity index (χ0n) is 21.1. The lowest BCUT2D eigenvalue weighted by Crippen LogP contribution is -2.26. The summed E-state index contributed by atoms with van der Waals surface area (Å²) in [5, 5.41) is 11.3. The summed E-state index contributed by atoms with van der Waals surface area (Å²) in [7, 11) is 0. The minimum absolute atomic E-state index is 0.123. The summed E-state index contributed by atoms with van der Waals surface area (Å²) in [5.74, 6) is 0.411. The van der Waals surface area contributed by atoms with E-state index < -0.39 is 5.56 Å². The van der Waals surface area contributed by atoms with Crippen LogP contribution < -0.4 is 20.9 Å². The number of benzene rings is 3. The van der Waals surface area contributed by atoms with Crippen LogP contribution in [0, 0.1) is 0 Å². The third-order valence-corrected chi connectivity index (χ3v) is 6.31. The molecule has 2 heterocycles. The van der Waals surface area contributed by atoms with Crippen molar-refractivity contribution in [2.75, 3.05) is 11.9 Å². The Morgan fingerprint density at radius 1 is 0.900 bits per heavy atom. The minimum atomic E-state index is -0.473. The summed E-state index contributed by atoms with van der Waals surface area (Å²) in [5.41, 5.74) is 1.96. The van der Waals surface area contributed by atoms with Gasteiger partial charge in [-0.2, -0.15) is 9.78 Å². The number of halogens is 2. The first-order valence-corrected chi connectivity index (χ1v) is 13.1. The van der Waals surface area contributed by atoms with Gasteiger partial charge in [-0.3, -0.25) is 14.6 Å². The Bertz CT molecular complexity index is 1690. The van der Waals surface area contributed by atoms with Crippen LogP contribution in [0.2, 0.25) is 10.0 Å². The smallest absolute Gasteiger partial charge is 0.299 e. The van der Waals surface area contributed by atoms with Crippen LogP contribution in [0.15, 0.2) is 108 Å². The van der Waals surface area contributed by atoms with Gasteiger partial charge in [0.05, 0.1) is 11.9 Å². The van der Waals surface area contributed by atoms with Crippen molar-refractivity contribution in [2.24, 2.45) is 0 Å². The van der Waals surface area contributed by atoms with Crippen molar-refractivity contribution < 1.29 is 9.53 Å². The van der Waals surface area contributed by atoms with Gasteiger partial charge in [0.2, 0.25) is 0 Å². The van der Waals surface area contributed by atoms with Gasteiger partial charge in [0.15, 0.2) is 11.4 Å². The number of rotatable bonds is 9. The standard InChI is InChI=1S/C30H23Cl2N5O3/c31-21-10-12-26(13-11-21)40-27-19-35-37(25-9-4-6-22(32)18-25)30(39)28(27)36-24-8-3-5-20(17-24)29(38)34-16-14-23-7-1-2-15-33-23/h1-13,15,17-19,36H,14,16H2,(H,34,38). The molecule has 0 saturated carbocycles. The molecular formula is C30H23Cl2N5O3. The van der Waals surface area contributed by atoms with Crippen LogP contribution in [0.4, 0.5) is 11.4 Å². The van der Waals surface area contributed by atoms with Crippen molar-refractivity contribution in [1.82, 2.24) is 20.1 Å². The molecule has 0 spiro atoms. The number of nitrogens with one attached hydrogen (secondary N) is 2. The molecular weight excluding hydrogens is 549 g/mol. The number of hydrogen-bond acceptors (Lipinski definition) is 6. The Morgan fingerprint density at radius 3 is 2.50 bits per heavy atom. The number of ether oxygens (including phenoxy) is 1. The quantitative estimate of drug-likeness (QED) is 0.211. The molecule has 0 atom stereocenters. The minimum Gasteiger partial charge on any atom is -0.453 e. The topological polar surface area (TPSA) is 98.1 Å². The number of hydrogen-bond donors (Lipinski definition) is 2. The SMILES string of the molecule is O=C(NCCc1ccccn1)c1cccc(Nc2c(Oc3ccc(Cl)cc3)cnn(-c3cccc(Cl)c3)c2=O)c1. The number of carbonyl (C=O) groups is 1. The molecule has 8 nitrogen and oxygen atoms in total. The second kappa shape index (κ2) is 12.5. The number of aromatic nitrogens is 3. The summed E-state index contributed by atoms with van der Waals surface area (Å²) in [6.45, 7) is 0.432. The van der Waals surface area contributed by atoms with Crippen molar-refractivity contribution in [3.05, 3.63) is 135 Å². The van der Waals surface area contributed by atoms with Gasteiger partial charge in [-0.15, -0.1) is 0 Å². The van der Waals surface area contributed by atoms with Gasteiger partial charge in [-0.1, -0.05) is 41.4 Å². The zero-order valence-corrected chi connectivity index (χ0v) is 22.6. The molecule has 0 bridgehead atoms. The molecule has 0 aliphatic rings. The maximum Gasteiger partial charge on any atom is 0.299 e. The predicted octanol–water partition coefficient (Wildman–Crippen LogP) is 6.44. The van der Waals surface area contributed by atoms with Gasteiger partial charge >= 0.3 is 0 Å². The van der Waals surface area contributed by atoms with Crippen LogP contribution in [0.25, 0.3) is 5.69 Å². The fourth-order valence-electron chi connectivity index (χ4n) is 3.89. The first-order chi connectivity index (χ1) is 19.5. The number of anilines is 2. The Hall–Kier alpha value is -4.66. The van der Waals surface area contributed by atoms with E-state index in [9.17, 15) is 9.59 Å². The van der Waals surface area contributed by atoms with Crippen molar-refractivity contribution in [3.8, 4) is 17.2 Å². The van der Waals surface area contributed by atoms with Crippen LogP contribution in [0.5, 0.6) is 11.5 Å². The molecule has 200 valence electrons. The largest absolute Gasteiger partial charge is 0.453 e. The van der Waals surface area contributed by atoms with E-state index in [1.165, 1.54) is 10.9 Å². The van der Waals surface area contributed by atoms with Crippen LogP contribution in [0.1, 0.15) is 16.1 Å². The highest BCUT2D eigenvalue weighted by atomic mass is 35.5. The summed E-state index contributed by atoms with van der Waals surface area (Å²) >= 11 is 12.2. The fourth-order valence-corrected chi connectivity index (χ4v) is 4.20. The van der Waals surface area contributed by atoms with Crippen molar-refractivity contribution in [2.45, 2.75) is 6.42 Å². The average molecular weight is 572 g/mol. The van der Waals surface area contributed by atoms with E-state index in [0.717, 1.165) is 5.69 Å². The molecule has 0 fully saturated rings. The predicted molar refractivity (Wildman–Crippen MR) is 156 cm³/mol. The molecule has 0 aliphatic heterocycles. The lowest BCUT2D eigenvalue weighted by Gasteiger charge is -2.15. The van der Waals surface area contributed by atoms with Crippen LogP contribution >= 0.6 is 23.2 Å². The van der Waals surface area contributed by atoms with Gasteiger partial charge in [-0.25, -0.2) is 0 Å². The van der Waals surface area contributed by atoms with E-state index in [1.54, 1.807) is 79.0 Å². The zero-order chi connectivity index (χ0) is 27.9. The van der Waals surface area contributed by atoms with Gasteiger partial charge in [-0.05, 0) is 72.8 Å². The monoisotopic (exact) mass is 571 g/mol. The maximum absolute atomic E-state index is 13.7. The molecule has 5 rings (SSSR count). The van der Waals surface area contributed by atoms with Crippen molar-refractivity contribution in [1.29, 1.82) is 0 Å². The van der Waals surface area contributed by atoms with Gasteiger partial charge in [0.25, 0.3) is 11.5 Å². The van der Waals surface area contributed by atoms with Gasteiger partial charge in [0, 0.05) is 46.2 Å². The summed E-state index contributed by atoms with van der Waals surface area (Å²) < 4.78 is 7.22. The Labute approximate surface area is 240 Å². The Morgan fingerprint density at radius 2 is 1.73 bits per heavy atom. The Balaban J connectivity index is 1.42. The van der Waals surface area contributed by atoms with E-state index in [1.807, 2.05) is 18.2 Å². The van der Waals surface area contributed by atoms with E-state index in [0.29, 0.717) is 45.7 Å². The molecule has 10 heteroatoms. The number of amides is 1. The first-order valence-electron chi connectivity index (χ1n) is 12.3. The molecule has 0 unspecified atom stereocenters. The highest BCUT2D eigenvalue weighted by Crippen LogP contribution is 2.30. The lowest BCUT2D eigenvalue weighted by atomic mass is 10.1. The number of pyridine rings is 1. The molecule has 0 aliphatic carbocycles. The van der Waals surface area contributed by atoms with Crippen LogP contribution in [0.3, 0.4) is 0 Å². The van der Waals surface area contributed by atoms with Gasteiger partial charge in [0.1, 0.15) is 5.75 Å². The number of carbonyl (C=O) groups excluding carboxylic acids is 1. The summed E-state index contributed by atoms with van der Waals surface area (Å²) in [6, 6.07) is 26.0. The maximum atomic E-state index is 13.7. The molecule has 3 aromatic carbocycles. The van der Waals surface area contributed by atoms with Crippen molar-refractivity contribution >= 4 is 40.5 Å². The third kappa shape index (κ3) is 6.66. The second-order valence-corrected chi connectivity index (χ2v) is 9.54. The van der Waals surface area contributed by atoms with Gasteiger partial charge < -0.3 is 15.4 Å². The fraction of sp³-hybridized carbons (Fsp3) is 0.0667. The molecule has 40 heavy (non-hydrogen) atoms. The van der Waals surface area contributed by atoms with E-state index in [2.05, 4.69) is 20.7 Å². The molecule has 1 amide bonds. The summed E-state index contributed by atoms with van der Waals surface area (Å²) in [4.78, 5) is 30.8. The highest BCUT2D eigenvalue weighted by Gasteiger charge is 2.16. The molecule has 5 aromatic rings. The van der Waals surface area contributed by atoms with E-state index >= 15 is 0 Å². The van der Waals surface area contributed by atoms with Crippen molar-refractivity contribution in [3.63, 3.8) is 0 Å². The second-order valence-electron chi connectivity index (χ2n) is 8.67. The summed E-state index contributed by atoms with van der Waals surface area (Å²) in [6.07, 6.45) is 3.76. The normalized spacial score (nSPS) is 10.7. The molecule has 0 radical (unpaired) electrons. The molecule has 0 saturated heterocycles. The highest BCUT2D eigenvalue weighted by molar-refractivity contribution is 6.31. The average Bonchev–Trinajstić information content (AvgIpc) is 2.97. The molecule has 2 N–H and O–H groups in total. The van der Waals surface area contributed by atoms with Crippen LogP contribution in [-0.2, 0) is 6.42 Å². The van der Waals surface area contributed by atoms with Crippen LogP contribution in [-0.4, -0.2) is 27.2 Å². The molecule has 2 aromatic heterocycles.